The first-order valence-electron chi connectivity index (χ1n) is 3.32. The minimum Gasteiger partial charge on any atom is -0.492 e. The van der Waals surface area contributed by atoms with Crippen molar-refractivity contribution in [2.24, 2.45) is 0 Å². The van der Waals surface area contributed by atoms with Crippen LogP contribution in [0, 0.1) is 5.82 Å². The third kappa shape index (κ3) is 1.90. The number of hydrogen-bond donors (Lipinski definition) is 0. The van der Waals surface area contributed by atoms with E-state index in [4.69, 9.17) is 11.6 Å². The van der Waals surface area contributed by atoms with Gasteiger partial charge in [-0.3, -0.25) is 0 Å². The molecule has 0 atom stereocenters. The molecule has 0 aromatic heterocycles. The Morgan fingerprint density at radius 2 is 2.07 bits per heavy atom. The fourth-order valence-electron chi connectivity index (χ4n) is 0.876. The van der Waals surface area contributed by atoms with E-state index in [0.29, 0.717) is 0 Å². The predicted octanol–water partition coefficient (Wildman–Crippen LogP) is 3.83. The van der Waals surface area contributed by atoms with Gasteiger partial charge in [-0.25, -0.2) is 4.39 Å². The Bertz CT molecular complexity index is 361. The summed E-state index contributed by atoms with van der Waals surface area (Å²) in [6, 6.07) is 0.896. The molecule has 2 nitrogen and oxygen atoms in total. The Kier molecular flexibility index (Phi) is 3.49. The van der Waals surface area contributed by atoms with Gasteiger partial charge in [0.2, 0.25) is 0 Å². The second-order valence-electron chi connectivity index (χ2n) is 2.27. The van der Waals surface area contributed by atoms with Crippen molar-refractivity contribution in [1.29, 1.82) is 0 Å². The second-order valence-corrected chi connectivity index (χ2v) is 3.47. The highest BCUT2D eigenvalue weighted by Gasteiger charge is 2.20. The zero-order valence-corrected chi connectivity index (χ0v) is 9.16. The minimum atomic E-state index is -1.24. The lowest BCUT2D eigenvalue weighted by Crippen LogP contribution is -2.00. The molecule has 7 heteroatoms. The first-order chi connectivity index (χ1) is 6.49. The molecule has 0 aliphatic carbocycles. The van der Waals surface area contributed by atoms with Crippen molar-refractivity contribution in [3.05, 3.63) is 21.4 Å². The summed E-state index contributed by atoms with van der Waals surface area (Å²) in [7, 11) is 1.19. The van der Waals surface area contributed by atoms with E-state index in [1.165, 1.54) is 7.11 Å². The molecule has 1 aromatic rings. The largest absolute Gasteiger partial charge is 0.492 e. The molecule has 0 fully saturated rings. The van der Waals surface area contributed by atoms with E-state index >= 15 is 0 Å². The van der Waals surface area contributed by atoms with Gasteiger partial charge in [-0.15, -0.1) is 0 Å². The number of rotatable bonds is 2. The van der Waals surface area contributed by atoms with Gasteiger partial charge in [-0.05, 0) is 27.3 Å². The summed E-state index contributed by atoms with van der Waals surface area (Å²) in [5.41, 5.74) is -0.659. The summed E-state index contributed by atoms with van der Waals surface area (Å²) < 4.78 is 41.8. The number of benzene rings is 1. The zero-order valence-electron chi connectivity index (χ0n) is 6.82. The van der Waals surface area contributed by atoms with Crippen molar-refractivity contribution >= 4 is 33.2 Å². The van der Waals surface area contributed by atoms with Gasteiger partial charge >= 0.3 is 0 Å². The maximum absolute atomic E-state index is 13.3. The molecule has 0 aliphatic heterocycles. The molecule has 0 bridgehead atoms. The van der Waals surface area contributed by atoms with Crippen molar-refractivity contribution in [3.63, 3.8) is 0 Å². The molecule has 1 aromatic carbocycles. The van der Waals surface area contributed by atoms with E-state index in [2.05, 4.69) is 20.7 Å². The predicted molar refractivity (Wildman–Crippen MR) is 50.4 cm³/mol. The average Bonchev–Trinajstić information content (AvgIpc) is 2.12. The lowest BCUT2D eigenvalue weighted by Gasteiger charge is -2.10. The molecule has 0 aliphatic rings. The van der Waals surface area contributed by atoms with E-state index < -0.39 is 21.3 Å². The van der Waals surface area contributed by atoms with Crippen LogP contribution in [0.3, 0.4) is 0 Å². The van der Waals surface area contributed by atoms with Crippen LogP contribution in [0.15, 0.2) is 10.5 Å². The highest BCUT2D eigenvalue weighted by atomic mass is 79.9. The van der Waals surface area contributed by atoms with Crippen molar-refractivity contribution in [2.75, 3.05) is 12.5 Å². The Labute approximate surface area is 91.2 Å². The molecule has 0 spiro atoms. The monoisotopic (exact) mass is 289 g/mol. The van der Waals surface area contributed by atoms with E-state index in [1.807, 2.05) is 0 Å². The van der Waals surface area contributed by atoms with Gasteiger partial charge < -0.3 is 4.74 Å². The summed E-state index contributed by atoms with van der Waals surface area (Å²) in [4.78, 5) is 0. The van der Waals surface area contributed by atoms with Crippen LogP contribution in [0.5, 0.6) is 5.75 Å². The van der Waals surface area contributed by atoms with Gasteiger partial charge in [-0.1, -0.05) is 20.6 Å². The molecule has 0 saturated carbocycles. The first-order valence-corrected chi connectivity index (χ1v) is 4.49. The van der Waals surface area contributed by atoms with Crippen LogP contribution >= 0.6 is 27.5 Å². The molecule has 1 rings (SSSR count). The standard InChI is InChI=1S/C7H4BrClF3NO/c1-14-7-3(9)2-4(13(11)12)5(8)6(7)10/h2H,1H3. The zero-order chi connectivity index (χ0) is 10.9. The molecule has 14 heavy (non-hydrogen) atoms. The van der Waals surface area contributed by atoms with Crippen molar-refractivity contribution in [3.8, 4) is 5.75 Å². The Morgan fingerprint density at radius 1 is 1.50 bits per heavy atom. The SMILES string of the molecule is COc1c(Cl)cc(N(F)F)c(Br)c1F. The van der Waals surface area contributed by atoms with Crippen LogP contribution < -0.4 is 10.1 Å². The highest BCUT2D eigenvalue weighted by Crippen LogP contribution is 2.40. The smallest absolute Gasteiger partial charge is 0.183 e. The number of halogens is 5. The van der Waals surface area contributed by atoms with Gasteiger partial charge in [0.1, 0.15) is 5.69 Å². The topological polar surface area (TPSA) is 12.5 Å². The molecule has 0 radical (unpaired) electrons. The molecule has 0 unspecified atom stereocenters. The number of anilines is 1. The lowest BCUT2D eigenvalue weighted by atomic mass is 10.3. The minimum absolute atomic E-state index is 0.219. The highest BCUT2D eigenvalue weighted by molar-refractivity contribution is 9.10. The van der Waals surface area contributed by atoms with Gasteiger partial charge in [-0.2, -0.15) is 0 Å². The summed E-state index contributed by atoms with van der Waals surface area (Å²) >= 11 is 8.18. The van der Waals surface area contributed by atoms with E-state index in [1.54, 1.807) is 0 Å². The van der Waals surface area contributed by atoms with E-state index in [-0.39, 0.29) is 10.8 Å². The maximum atomic E-state index is 13.3. The van der Waals surface area contributed by atoms with E-state index in [9.17, 15) is 13.4 Å². The third-order valence-electron chi connectivity index (χ3n) is 1.48. The van der Waals surface area contributed by atoms with Crippen LogP contribution in [-0.2, 0) is 0 Å². The summed E-state index contributed by atoms with van der Waals surface area (Å²) in [6.45, 7) is 0. The molecule has 0 saturated heterocycles. The molecular weight excluding hydrogens is 286 g/mol. The Balaban J connectivity index is 3.40. The van der Waals surface area contributed by atoms with Crippen LogP contribution in [0.25, 0.3) is 0 Å². The van der Waals surface area contributed by atoms with Gasteiger partial charge in [0.25, 0.3) is 0 Å². The van der Waals surface area contributed by atoms with Crippen LogP contribution in [0.1, 0.15) is 0 Å². The molecule has 78 valence electrons. The normalized spacial score (nSPS) is 10.1. The van der Waals surface area contributed by atoms with Gasteiger partial charge in [0, 0.05) is 0 Å². The molecule has 0 amide bonds. The number of nitrogens with zero attached hydrogens (tertiary/aromatic N) is 1. The Hall–Kier alpha value is -0.620. The van der Waals surface area contributed by atoms with Crippen LogP contribution in [0.2, 0.25) is 5.02 Å². The van der Waals surface area contributed by atoms with E-state index in [0.717, 1.165) is 6.07 Å². The number of hydrogen-bond acceptors (Lipinski definition) is 2. The number of ether oxygens (including phenoxy) is 1. The molecule has 0 N–H and O–H groups in total. The third-order valence-corrected chi connectivity index (χ3v) is 2.52. The van der Waals surface area contributed by atoms with Crippen molar-refractivity contribution in [2.45, 2.75) is 0 Å². The second kappa shape index (κ2) is 4.27. The lowest BCUT2D eigenvalue weighted by molar-refractivity contribution is 0.233. The fraction of sp³-hybridized carbons (Fsp3) is 0.143. The van der Waals surface area contributed by atoms with Gasteiger partial charge in [0.05, 0.1) is 16.6 Å². The fourth-order valence-corrected chi connectivity index (χ4v) is 1.57. The first kappa shape index (κ1) is 11.5. The molecule has 0 heterocycles. The number of methoxy groups -OCH3 is 1. The average molecular weight is 290 g/mol. The van der Waals surface area contributed by atoms with Crippen LogP contribution in [0.4, 0.5) is 19.0 Å². The summed E-state index contributed by atoms with van der Waals surface area (Å²) in [6.07, 6.45) is 0. The van der Waals surface area contributed by atoms with Crippen molar-refractivity contribution in [1.82, 2.24) is 0 Å². The summed E-state index contributed by atoms with van der Waals surface area (Å²) in [5.74, 6) is -1.24. The summed E-state index contributed by atoms with van der Waals surface area (Å²) in [5, 5.41) is -1.46. The van der Waals surface area contributed by atoms with Crippen LogP contribution in [-0.4, -0.2) is 7.11 Å². The van der Waals surface area contributed by atoms with Gasteiger partial charge in [0.15, 0.2) is 11.6 Å². The maximum Gasteiger partial charge on any atom is 0.183 e. The quantitative estimate of drug-likeness (QED) is 0.606. The Morgan fingerprint density at radius 3 is 2.50 bits per heavy atom. The van der Waals surface area contributed by atoms with Crippen molar-refractivity contribution < 1.29 is 18.1 Å². The molecular formula is C7H4BrClF3NO.